The van der Waals surface area contributed by atoms with E-state index in [0.717, 1.165) is 12.4 Å². The molecule has 0 spiro atoms. The van der Waals surface area contributed by atoms with Crippen LogP contribution in [0.1, 0.15) is 31.1 Å². The first-order chi connectivity index (χ1) is 15.1. The Hall–Kier alpha value is -2.03. The molecule has 0 saturated heterocycles. The molecule has 3 atom stereocenters. The largest absolute Gasteiger partial charge is 0.382 e. The zero-order valence-corrected chi connectivity index (χ0v) is 20.6. The Bertz CT molecular complexity index is 945. The van der Waals surface area contributed by atoms with Crippen LogP contribution in [0.2, 0.25) is 0 Å². The van der Waals surface area contributed by atoms with Gasteiger partial charge in [0.05, 0.1) is 30.1 Å². The molecule has 2 aromatic carbocycles. The first-order valence-corrected chi connectivity index (χ1v) is 13.0. The molecule has 0 bridgehead atoms. The van der Waals surface area contributed by atoms with Gasteiger partial charge in [0.1, 0.15) is 0 Å². The topological polar surface area (TPSA) is 110 Å². The molecule has 0 aliphatic carbocycles. The molecule has 0 aliphatic rings. The van der Waals surface area contributed by atoms with E-state index in [9.17, 15) is 14.3 Å². The van der Waals surface area contributed by atoms with Crippen molar-refractivity contribution in [3.63, 3.8) is 0 Å². The fourth-order valence-corrected chi connectivity index (χ4v) is 4.37. The maximum atomic E-state index is 12.6. The van der Waals surface area contributed by atoms with E-state index in [-0.39, 0.29) is 12.5 Å². The van der Waals surface area contributed by atoms with Crippen molar-refractivity contribution in [2.45, 2.75) is 43.1 Å². The molecule has 1 amide bonds. The highest BCUT2D eigenvalue weighted by Crippen LogP contribution is 2.38. The average molecular weight is 480 g/mol. The van der Waals surface area contributed by atoms with E-state index in [1.807, 2.05) is 24.3 Å². The van der Waals surface area contributed by atoms with Gasteiger partial charge in [-0.2, -0.15) is 10.2 Å². The van der Waals surface area contributed by atoms with Crippen molar-refractivity contribution in [1.82, 2.24) is 5.32 Å². The molecule has 174 valence electrons. The van der Waals surface area contributed by atoms with Gasteiger partial charge in [0.15, 0.2) is 0 Å². The number of nitrogens with zero attached hydrogens (tertiary/aromatic N) is 2. The van der Waals surface area contributed by atoms with Gasteiger partial charge in [-0.05, 0) is 55.5 Å². The summed E-state index contributed by atoms with van der Waals surface area (Å²) in [6.45, 7) is 7.13. The molecule has 2 N–H and O–H groups in total. The molecule has 10 heteroatoms. The maximum absolute atomic E-state index is 12.6. The smallest absolute Gasteiger partial charge is 0.325 e. The number of thioether (sulfide) groups is 1. The van der Waals surface area contributed by atoms with Crippen molar-refractivity contribution >= 4 is 36.6 Å². The zero-order valence-electron chi connectivity index (χ0n) is 18.9. The first-order valence-electron chi connectivity index (χ1n) is 10.1. The third-order valence-corrected chi connectivity index (χ3v) is 5.95. The van der Waals surface area contributed by atoms with Crippen molar-refractivity contribution in [2.75, 3.05) is 20.4 Å². The lowest BCUT2D eigenvalue weighted by Gasteiger charge is -2.25. The van der Waals surface area contributed by atoms with Crippen LogP contribution in [0.15, 0.2) is 63.7 Å². The third-order valence-electron chi connectivity index (χ3n) is 4.21. The van der Waals surface area contributed by atoms with Crippen LogP contribution in [-0.2, 0) is 13.8 Å². The number of amides is 1. The third kappa shape index (κ3) is 9.22. The minimum absolute atomic E-state index is 0.133. The van der Waals surface area contributed by atoms with Crippen molar-refractivity contribution in [3.8, 4) is 0 Å². The minimum Gasteiger partial charge on any atom is -0.382 e. The van der Waals surface area contributed by atoms with E-state index in [2.05, 4.69) is 29.4 Å². The SMILES string of the molecule is COC[C@@H](NC(=O)c1ccc(N=Nc2ccc(SC(C)C)cc2)cc1)[C@@H](C)OP(C)(=O)O. The average Bonchev–Trinajstić information content (AvgIpc) is 2.71. The molecular formula is C22H30N3O5PS. The fourth-order valence-electron chi connectivity index (χ4n) is 2.77. The second kappa shape index (κ2) is 12.3. The number of rotatable bonds is 11. The monoisotopic (exact) mass is 479 g/mol. The van der Waals surface area contributed by atoms with Crippen LogP contribution in [0.4, 0.5) is 11.4 Å². The van der Waals surface area contributed by atoms with Crippen LogP contribution < -0.4 is 5.32 Å². The zero-order chi connectivity index (χ0) is 23.7. The van der Waals surface area contributed by atoms with Crippen LogP contribution in [0.25, 0.3) is 0 Å². The summed E-state index contributed by atoms with van der Waals surface area (Å²) in [5, 5.41) is 11.7. The van der Waals surface area contributed by atoms with Gasteiger partial charge in [-0.25, -0.2) is 0 Å². The molecule has 0 aromatic heterocycles. The summed E-state index contributed by atoms with van der Waals surface area (Å²) >= 11 is 1.78. The van der Waals surface area contributed by atoms with Gasteiger partial charge in [0.2, 0.25) is 0 Å². The molecule has 2 aromatic rings. The number of hydrogen-bond donors (Lipinski definition) is 2. The van der Waals surface area contributed by atoms with Crippen LogP contribution in [0, 0.1) is 0 Å². The van der Waals surface area contributed by atoms with E-state index in [1.54, 1.807) is 43.0 Å². The Labute approximate surface area is 193 Å². The Balaban J connectivity index is 2.00. The quantitative estimate of drug-likeness (QED) is 0.248. The number of nitrogens with one attached hydrogen (secondary N) is 1. The summed E-state index contributed by atoms with van der Waals surface area (Å²) in [5.41, 5.74) is 1.77. The number of benzene rings is 2. The number of carbonyl (C=O) groups is 1. The van der Waals surface area contributed by atoms with Crippen molar-refractivity contribution < 1.29 is 23.5 Å². The van der Waals surface area contributed by atoms with Gasteiger partial charge in [0, 0.05) is 29.5 Å². The molecular weight excluding hydrogens is 449 g/mol. The summed E-state index contributed by atoms with van der Waals surface area (Å²) in [4.78, 5) is 23.2. The molecule has 0 radical (unpaired) electrons. The Morgan fingerprint density at radius 2 is 1.59 bits per heavy atom. The summed E-state index contributed by atoms with van der Waals surface area (Å²) in [6, 6.07) is 13.9. The summed E-state index contributed by atoms with van der Waals surface area (Å²) in [7, 11) is -2.22. The predicted molar refractivity (Wildman–Crippen MR) is 127 cm³/mol. The van der Waals surface area contributed by atoms with E-state index in [1.165, 1.54) is 12.0 Å². The summed E-state index contributed by atoms with van der Waals surface area (Å²) in [6.07, 6.45) is -0.710. The Morgan fingerprint density at radius 1 is 1.06 bits per heavy atom. The highest BCUT2D eigenvalue weighted by atomic mass is 32.2. The van der Waals surface area contributed by atoms with Gasteiger partial charge >= 0.3 is 7.60 Å². The lowest BCUT2D eigenvalue weighted by atomic mass is 10.1. The van der Waals surface area contributed by atoms with Crippen molar-refractivity contribution in [1.29, 1.82) is 0 Å². The molecule has 1 unspecified atom stereocenters. The Morgan fingerprint density at radius 3 is 2.06 bits per heavy atom. The lowest BCUT2D eigenvalue weighted by molar-refractivity contribution is 0.0702. The second-order valence-corrected chi connectivity index (χ2v) is 11.0. The Kier molecular flexibility index (Phi) is 10.1. The summed E-state index contributed by atoms with van der Waals surface area (Å²) < 4.78 is 21.7. The summed E-state index contributed by atoms with van der Waals surface area (Å²) in [5.74, 6) is -0.354. The number of methoxy groups -OCH3 is 1. The van der Waals surface area contributed by atoms with E-state index in [4.69, 9.17) is 9.26 Å². The van der Waals surface area contributed by atoms with Gasteiger partial charge in [-0.15, -0.1) is 11.8 Å². The minimum atomic E-state index is -3.69. The van der Waals surface area contributed by atoms with Crippen molar-refractivity contribution in [2.24, 2.45) is 10.2 Å². The van der Waals surface area contributed by atoms with Crippen LogP contribution in [-0.4, -0.2) is 48.6 Å². The van der Waals surface area contributed by atoms with E-state index >= 15 is 0 Å². The second-order valence-electron chi connectivity index (χ2n) is 7.56. The van der Waals surface area contributed by atoms with E-state index < -0.39 is 19.7 Å². The normalized spacial score (nSPS) is 15.5. The standard InChI is InChI=1S/C22H30N3O5PS/c1-15(2)32-20-12-10-19(11-13-20)25-24-18-8-6-17(7-9-18)22(26)23-21(14-29-4)16(3)30-31(5,27)28/h6-13,15-16,21H,14H2,1-5H3,(H,23,26)(H,27,28)/t16-,21-/m1/s1. The number of carbonyl (C=O) groups excluding carboxylic acids is 1. The molecule has 2 rings (SSSR count). The molecule has 8 nitrogen and oxygen atoms in total. The van der Waals surface area contributed by atoms with Crippen LogP contribution in [0.3, 0.4) is 0 Å². The van der Waals surface area contributed by atoms with Crippen LogP contribution >= 0.6 is 19.4 Å². The lowest BCUT2D eigenvalue weighted by Crippen LogP contribution is -2.45. The van der Waals surface area contributed by atoms with Gasteiger partial charge < -0.3 is 19.5 Å². The van der Waals surface area contributed by atoms with E-state index in [0.29, 0.717) is 16.5 Å². The highest BCUT2D eigenvalue weighted by molar-refractivity contribution is 7.99. The molecule has 0 fully saturated rings. The molecule has 0 heterocycles. The van der Waals surface area contributed by atoms with Gasteiger partial charge in [-0.1, -0.05) is 13.8 Å². The predicted octanol–water partition coefficient (Wildman–Crippen LogP) is 5.57. The molecule has 0 aliphatic heterocycles. The first kappa shape index (κ1) is 26.2. The number of ether oxygens (including phenoxy) is 1. The van der Waals surface area contributed by atoms with Gasteiger partial charge in [-0.3, -0.25) is 9.36 Å². The van der Waals surface area contributed by atoms with Crippen molar-refractivity contribution in [3.05, 3.63) is 54.1 Å². The molecule has 32 heavy (non-hydrogen) atoms. The fraction of sp³-hybridized carbons (Fsp3) is 0.409. The van der Waals surface area contributed by atoms with Gasteiger partial charge in [0.25, 0.3) is 5.91 Å². The highest BCUT2D eigenvalue weighted by Gasteiger charge is 2.26. The molecule has 0 saturated carbocycles. The van der Waals surface area contributed by atoms with Crippen LogP contribution in [0.5, 0.6) is 0 Å². The number of azo groups is 1. The number of hydrogen-bond acceptors (Lipinski definition) is 7. The maximum Gasteiger partial charge on any atom is 0.325 e.